The van der Waals surface area contributed by atoms with Crippen molar-refractivity contribution < 1.29 is 15.0 Å². The zero-order chi connectivity index (χ0) is 12.8. The third-order valence-electron chi connectivity index (χ3n) is 2.47. The summed E-state index contributed by atoms with van der Waals surface area (Å²) in [7, 11) is 0. The van der Waals surface area contributed by atoms with Crippen LogP contribution in [-0.2, 0) is 4.79 Å². The molecule has 0 fully saturated rings. The Kier molecular flexibility index (Phi) is 5.09. The van der Waals surface area contributed by atoms with Gasteiger partial charge in [0, 0.05) is 12.1 Å². The third-order valence-corrected chi connectivity index (χ3v) is 2.47. The monoisotopic (exact) mass is 238 g/mol. The first-order valence-corrected chi connectivity index (χ1v) is 5.52. The molecule has 1 aromatic carbocycles. The number of hydrogen-bond donors (Lipinski definition) is 4. The maximum Gasteiger partial charge on any atom is 0.224 e. The number of rotatable bonds is 5. The molecule has 0 radical (unpaired) electrons. The van der Waals surface area contributed by atoms with Crippen LogP contribution in [0.5, 0.6) is 0 Å². The fraction of sp³-hybridized carbons (Fsp3) is 0.417. The first-order chi connectivity index (χ1) is 8.08. The number of amides is 1. The Morgan fingerprint density at radius 2 is 2.00 bits per heavy atom. The Morgan fingerprint density at radius 3 is 2.47 bits per heavy atom. The van der Waals surface area contributed by atoms with Crippen molar-refractivity contribution in [2.75, 3.05) is 11.9 Å². The van der Waals surface area contributed by atoms with Crippen LogP contribution in [-0.4, -0.2) is 28.8 Å². The minimum absolute atomic E-state index is 0.0645. The van der Waals surface area contributed by atoms with Crippen LogP contribution in [0.2, 0.25) is 0 Å². The highest BCUT2D eigenvalue weighted by Crippen LogP contribution is 2.18. The van der Waals surface area contributed by atoms with Gasteiger partial charge in [0.25, 0.3) is 0 Å². The van der Waals surface area contributed by atoms with E-state index in [1.54, 1.807) is 31.2 Å². The molecule has 0 spiro atoms. The van der Waals surface area contributed by atoms with Crippen LogP contribution in [0.4, 0.5) is 5.69 Å². The Labute approximate surface area is 100 Å². The number of carbonyl (C=O) groups excluding carboxylic acids is 1. The molecule has 94 valence electrons. The molecular formula is C12H18N2O3. The summed E-state index contributed by atoms with van der Waals surface area (Å²) in [6.45, 7) is 1.49. The minimum Gasteiger partial charge on any atom is -0.395 e. The van der Waals surface area contributed by atoms with Gasteiger partial charge in [-0.15, -0.1) is 0 Å². The van der Waals surface area contributed by atoms with E-state index < -0.39 is 12.1 Å². The molecular weight excluding hydrogens is 220 g/mol. The van der Waals surface area contributed by atoms with Crippen LogP contribution in [0.3, 0.4) is 0 Å². The van der Waals surface area contributed by atoms with E-state index in [0.717, 1.165) is 0 Å². The summed E-state index contributed by atoms with van der Waals surface area (Å²) >= 11 is 0. The highest BCUT2D eigenvalue weighted by atomic mass is 16.3. The lowest BCUT2D eigenvalue weighted by molar-refractivity contribution is -0.115. The summed E-state index contributed by atoms with van der Waals surface area (Å²) in [5, 5.41) is 21.3. The largest absolute Gasteiger partial charge is 0.395 e. The van der Waals surface area contributed by atoms with E-state index in [1.807, 2.05) is 0 Å². The van der Waals surface area contributed by atoms with Gasteiger partial charge in [-0.05, 0) is 17.7 Å². The van der Waals surface area contributed by atoms with Crippen molar-refractivity contribution in [3.63, 3.8) is 0 Å². The topological polar surface area (TPSA) is 95.6 Å². The number of anilines is 1. The van der Waals surface area contributed by atoms with Crippen LogP contribution in [0.25, 0.3) is 0 Å². The molecule has 0 saturated heterocycles. The van der Waals surface area contributed by atoms with Gasteiger partial charge in [0.15, 0.2) is 0 Å². The summed E-state index contributed by atoms with van der Waals surface area (Å²) in [5.41, 5.74) is 6.80. The van der Waals surface area contributed by atoms with Crippen molar-refractivity contribution in [3.05, 3.63) is 29.8 Å². The van der Waals surface area contributed by atoms with E-state index in [0.29, 0.717) is 17.7 Å². The molecule has 2 atom stereocenters. The Morgan fingerprint density at radius 1 is 1.41 bits per heavy atom. The van der Waals surface area contributed by atoms with E-state index in [9.17, 15) is 9.90 Å². The van der Waals surface area contributed by atoms with Gasteiger partial charge >= 0.3 is 0 Å². The zero-order valence-corrected chi connectivity index (χ0v) is 9.76. The average Bonchev–Trinajstić information content (AvgIpc) is 2.37. The van der Waals surface area contributed by atoms with Gasteiger partial charge in [-0.3, -0.25) is 4.79 Å². The minimum atomic E-state index is -0.907. The third kappa shape index (κ3) is 3.81. The van der Waals surface area contributed by atoms with Crippen LogP contribution in [0, 0.1) is 0 Å². The van der Waals surface area contributed by atoms with Gasteiger partial charge in [0.05, 0.1) is 18.8 Å². The molecule has 0 bridgehead atoms. The number of nitrogens with one attached hydrogen (secondary N) is 1. The molecule has 5 heteroatoms. The second-order valence-corrected chi connectivity index (χ2v) is 3.82. The number of nitrogens with two attached hydrogens (primary N) is 1. The van der Waals surface area contributed by atoms with Crippen molar-refractivity contribution in [3.8, 4) is 0 Å². The second kappa shape index (κ2) is 6.34. The van der Waals surface area contributed by atoms with Gasteiger partial charge in [-0.2, -0.15) is 0 Å². The quantitative estimate of drug-likeness (QED) is 0.596. The molecule has 0 aliphatic heterocycles. The van der Waals surface area contributed by atoms with E-state index >= 15 is 0 Å². The smallest absolute Gasteiger partial charge is 0.224 e. The van der Waals surface area contributed by atoms with E-state index in [4.69, 9.17) is 10.8 Å². The van der Waals surface area contributed by atoms with Gasteiger partial charge in [0.2, 0.25) is 5.91 Å². The van der Waals surface area contributed by atoms with Crippen molar-refractivity contribution in [2.45, 2.75) is 25.5 Å². The molecule has 1 amide bonds. The first kappa shape index (κ1) is 13.6. The number of aliphatic hydroxyl groups is 2. The lowest BCUT2D eigenvalue weighted by Crippen LogP contribution is -2.31. The van der Waals surface area contributed by atoms with Crippen molar-refractivity contribution in [2.24, 2.45) is 5.73 Å². The van der Waals surface area contributed by atoms with Gasteiger partial charge in [-0.1, -0.05) is 19.1 Å². The normalized spacial score (nSPS) is 14.1. The summed E-state index contributed by atoms with van der Waals surface area (Å²) in [6, 6.07) is 6.02. The van der Waals surface area contributed by atoms with E-state index in [-0.39, 0.29) is 12.5 Å². The van der Waals surface area contributed by atoms with E-state index in [1.165, 1.54) is 0 Å². The molecule has 17 heavy (non-hydrogen) atoms. The number of aliphatic hydroxyl groups excluding tert-OH is 2. The SMILES string of the molecule is CCC(=O)Nc1ccc(C(O)C(N)CO)cc1. The molecule has 5 nitrogen and oxygen atoms in total. The van der Waals surface area contributed by atoms with Crippen molar-refractivity contribution >= 4 is 11.6 Å². The van der Waals surface area contributed by atoms with Crippen molar-refractivity contribution in [1.29, 1.82) is 0 Å². The molecule has 2 unspecified atom stereocenters. The molecule has 5 N–H and O–H groups in total. The molecule has 0 aliphatic rings. The number of hydrogen-bond acceptors (Lipinski definition) is 4. The lowest BCUT2D eigenvalue weighted by atomic mass is 10.0. The van der Waals surface area contributed by atoms with Gasteiger partial charge < -0.3 is 21.3 Å². The predicted octanol–water partition coefficient (Wildman–Crippen LogP) is 0.388. The Balaban J connectivity index is 2.70. The van der Waals surface area contributed by atoms with Gasteiger partial charge in [0.1, 0.15) is 0 Å². The highest BCUT2D eigenvalue weighted by Gasteiger charge is 2.15. The molecule has 0 heterocycles. The average molecular weight is 238 g/mol. The van der Waals surface area contributed by atoms with Crippen LogP contribution in [0.1, 0.15) is 25.0 Å². The van der Waals surface area contributed by atoms with E-state index in [2.05, 4.69) is 5.32 Å². The molecule has 1 rings (SSSR count). The second-order valence-electron chi connectivity index (χ2n) is 3.82. The highest BCUT2D eigenvalue weighted by molar-refractivity contribution is 5.90. The van der Waals surface area contributed by atoms with Gasteiger partial charge in [-0.25, -0.2) is 0 Å². The van der Waals surface area contributed by atoms with Crippen LogP contribution < -0.4 is 11.1 Å². The Hall–Kier alpha value is -1.43. The van der Waals surface area contributed by atoms with Crippen LogP contribution in [0.15, 0.2) is 24.3 Å². The zero-order valence-electron chi connectivity index (χ0n) is 9.76. The van der Waals surface area contributed by atoms with Crippen molar-refractivity contribution in [1.82, 2.24) is 0 Å². The summed E-state index contributed by atoms with van der Waals surface area (Å²) < 4.78 is 0. The number of carbonyl (C=O) groups is 1. The molecule has 0 aliphatic carbocycles. The summed E-state index contributed by atoms with van der Waals surface area (Å²) in [4.78, 5) is 11.1. The fourth-order valence-electron chi connectivity index (χ4n) is 1.36. The summed E-state index contributed by atoms with van der Waals surface area (Å²) in [6.07, 6.45) is -0.490. The fourth-order valence-corrected chi connectivity index (χ4v) is 1.36. The molecule has 0 saturated carbocycles. The lowest BCUT2D eigenvalue weighted by Gasteiger charge is -2.17. The first-order valence-electron chi connectivity index (χ1n) is 5.52. The maximum absolute atomic E-state index is 11.1. The molecule has 1 aromatic rings. The predicted molar refractivity (Wildman–Crippen MR) is 65.4 cm³/mol. The molecule has 0 aromatic heterocycles. The number of benzene rings is 1. The maximum atomic E-state index is 11.1. The van der Waals surface area contributed by atoms with Crippen LogP contribution >= 0.6 is 0 Å². The summed E-state index contributed by atoms with van der Waals surface area (Å²) in [5.74, 6) is -0.0645. The Bertz CT molecular complexity index is 365. The standard InChI is InChI=1S/C12H18N2O3/c1-2-11(16)14-9-5-3-8(4-6-9)12(17)10(13)7-15/h3-6,10,12,15,17H,2,7,13H2,1H3,(H,14,16).